The molecule has 1 heterocycles. The third-order valence-electron chi connectivity index (χ3n) is 1.83. The van der Waals surface area contributed by atoms with Crippen LogP contribution in [0.1, 0.15) is 36.1 Å². The number of Topliss-reactive ketones (excluding diaryl/α,β-unsaturated/α-hetero) is 1. The Morgan fingerprint density at radius 2 is 1.95 bits per heavy atom. The van der Waals surface area contributed by atoms with Crippen LogP contribution < -0.4 is 5.32 Å². The molecule has 106 valence electrons. The number of amides is 1. The van der Waals surface area contributed by atoms with Crippen LogP contribution in [0.15, 0.2) is 0 Å². The maximum absolute atomic E-state index is 12.3. The fourth-order valence-electron chi connectivity index (χ4n) is 1.17. The molecule has 0 aromatic carbocycles. The molecule has 0 fully saturated rings. The molecule has 0 bridgehead atoms. The molecule has 0 radical (unpaired) electrons. The van der Waals surface area contributed by atoms with Gasteiger partial charge in [-0.2, -0.15) is 0 Å². The van der Waals surface area contributed by atoms with Gasteiger partial charge in [-0.3, -0.25) is 10.1 Å². The molecule has 0 aliphatic rings. The number of ketones is 1. The molecule has 1 aromatic rings. The van der Waals surface area contributed by atoms with Crippen molar-refractivity contribution < 1.29 is 23.1 Å². The van der Waals surface area contributed by atoms with Crippen LogP contribution in [0, 0.1) is 6.92 Å². The summed E-state index contributed by atoms with van der Waals surface area (Å²) < 4.78 is 29.6. The van der Waals surface area contributed by atoms with Gasteiger partial charge in [0.25, 0.3) is 0 Å². The molecule has 0 saturated heterocycles. The maximum atomic E-state index is 12.3. The summed E-state index contributed by atoms with van der Waals surface area (Å²) in [6, 6.07) is 0. The van der Waals surface area contributed by atoms with Gasteiger partial charge in [-0.1, -0.05) is 11.3 Å². The third-order valence-corrected chi connectivity index (χ3v) is 2.91. The number of ether oxygens (including phenoxy) is 1. The zero-order valence-electron chi connectivity index (χ0n) is 10.9. The van der Waals surface area contributed by atoms with Gasteiger partial charge in [0.2, 0.25) is 5.78 Å². The number of alkyl halides is 2. The smallest absolute Gasteiger partial charge is 0.413 e. The fourth-order valence-corrected chi connectivity index (χ4v) is 2.06. The number of hydrogen-bond acceptors (Lipinski definition) is 5. The van der Waals surface area contributed by atoms with E-state index in [2.05, 4.69) is 10.3 Å². The number of aryl methyl sites for hydroxylation is 1. The van der Waals surface area contributed by atoms with E-state index in [4.69, 9.17) is 4.74 Å². The average molecular weight is 292 g/mol. The van der Waals surface area contributed by atoms with Crippen molar-refractivity contribution in [2.75, 3.05) is 5.32 Å². The summed E-state index contributed by atoms with van der Waals surface area (Å²) in [7, 11) is 0. The molecular formula is C11H14F2N2O3S. The average Bonchev–Trinajstić information content (AvgIpc) is 2.54. The van der Waals surface area contributed by atoms with E-state index in [-0.39, 0.29) is 15.7 Å². The number of anilines is 1. The molecule has 0 unspecified atom stereocenters. The van der Waals surface area contributed by atoms with Gasteiger partial charge in [0.15, 0.2) is 5.13 Å². The van der Waals surface area contributed by atoms with Crippen molar-refractivity contribution in [3.8, 4) is 0 Å². The number of nitrogens with zero attached hydrogens (tertiary/aromatic N) is 1. The number of thiazole rings is 1. The molecule has 1 rings (SSSR count). The zero-order chi connectivity index (χ0) is 14.8. The number of carbonyl (C=O) groups is 2. The van der Waals surface area contributed by atoms with E-state index in [9.17, 15) is 18.4 Å². The van der Waals surface area contributed by atoms with E-state index in [1.54, 1.807) is 20.8 Å². The lowest BCUT2D eigenvalue weighted by Crippen LogP contribution is -2.27. The number of hydrogen-bond donors (Lipinski definition) is 1. The summed E-state index contributed by atoms with van der Waals surface area (Å²) in [6.07, 6.45) is -3.84. The summed E-state index contributed by atoms with van der Waals surface area (Å²) in [5, 5.41) is 2.35. The molecule has 19 heavy (non-hydrogen) atoms. The Hall–Kier alpha value is -1.57. The highest BCUT2D eigenvalue weighted by molar-refractivity contribution is 7.17. The van der Waals surface area contributed by atoms with Crippen LogP contribution in [0.25, 0.3) is 0 Å². The second kappa shape index (κ2) is 5.60. The number of halogens is 2. The first-order valence-electron chi connectivity index (χ1n) is 5.40. The Kier molecular flexibility index (Phi) is 4.56. The minimum absolute atomic E-state index is 0.0516. The van der Waals surface area contributed by atoms with E-state index >= 15 is 0 Å². The molecule has 5 nitrogen and oxygen atoms in total. The fraction of sp³-hybridized carbons (Fsp3) is 0.545. The molecular weight excluding hydrogens is 278 g/mol. The van der Waals surface area contributed by atoms with Crippen molar-refractivity contribution in [1.82, 2.24) is 4.98 Å². The lowest BCUT2D eigenvalue weighted by molar-refractivity contribution is 0.0635. The Labute approximate surface area is 113 Å². The predicted octanol–water partition coefficient (Wildman–Crippen LogP) is 3.25. The van der Waals surface area contributed by atoms with E-state index in [0.29, 0.717) is 11.3 Å². The second-order valence-electron chi connectivity index (χ2n) is 4.73. The second-order valence-corrected chi connectivity index (χ2v) is 5.72. The Morgan fingerprint density at radius 3 is 2.42 bits per heavy atom. The lowest BCUT2D eigenvalue weighted by atomic mass is 10.2. The van der Waals surface area contributed by atoms with Crippen molar-refractivity contribution in [2.24, 2.45) is 0 Å². The Bertz CT molecular complexity index is 495. The van der Waals surface area contributed by atoms with Crippen LogP contribution in [0.3, 0.4) is 0 Å². The van der Waals surface area contributed by atoms with E-state index in [0.717, 1.165) is 0 Å². The third kappa shape index (κ3) is 4.55. The van der Waals surface area contributed by atoms with Crippen molar-refractivity contribution in [3.05, 3.63) is 10.6 Å². The van der Waals surface area contributed by atoms with Crippen LogP contribution in [0.5, 0.6) is 0 Å². The van der Waals surface area contributed by atoms with Gasteiger partial charge in [0, 0.05) is 0 Å². The number of carbonyl (C=O) groups excluding carboxylic acids is 2. The van der Waals surface area contributed by atoms with Crippen molar-refractivity contribution in [1.29, 1.82) is 0 Å². The molecule has 0 spiro atoms. The molecule has 8 heteroatoms. The molecule has 1 aromatic heterocycles. The predicted molar refractivity (Wildman–Crippen MR) is 67.0 cm³/mol. The van der Waals surface area contributed by atoms with Gasteiger partial charge in [-0.15, -0.1) is 0 Å². The normalized spacial score (nSPS) is 11.5. The summed E-state index contributed by atoms with van der Waals surface area (Å²) in [5.41, 5.74) is -0.528. The SMILES string of the molecule is Cc1nc(NC(=O)OC(C)(C)C)sc1C(=O)C(F)F. The first-order chi connectivity index (χ1) is 8.60. The number of rotatable bonds is 3. The Morgan fingerprint density at radius 1 is 1.37 bits per heavy atom. The van der Waals surface area contributed by atoms with Crippen molar-refractivity contribution in [3.63, 3.8) is 0 Å². The molecule has 1 amide bonds. The molecule has 0 aliphatic heterocycles. The minimum atomic E-state index is -3.09. The quantitative estimate of drug-likeness (QED) is 0.868. The Balaban J connectivity index is 2.79. The van der Waals surface area contributed by atoms with Crippen molar-refractivity contribution in [2.45, 2.75) is 39.7 Å². The first kappa shape index (κ1) is 15.5. The van der Waals surface area contributed by atoms with Crippen LogP contribution >= 0.6 is 11.3 Å². The van der Waals surface area contributed by atoms with Crippen LogP contribution in [-0.2, 0) is 4.74 Å². The molecule has 0 aliphatic carbocycles. The van der Waals surface area contributed by atoms with E-state index < -0.39 is 23.9 Å². The summed E-state index contributed by atoms with van der Waals surface area (Å²) in [6.45, 7) is 6.48. The van der Waals surface area contributed by atoms with Gasteiger partial charge >= 0.3 is 12.5 Å². The van der Waals surface area contributed by atoms with E-state index in [1.807, 2.05) is 0 Å². The zero-order valence-corrected chi connectivity index (χ0v) is 11.7. The largest absolute Gasteiger partial charge is 0.444 e. The van der Waals surface area contributed by atoms with E-state index in [1.165, 1.54) is 6.92 Å². The highest BCUT2D eigenvalue weighted by Crippen LogP contribution is 2.25. The highest BCUT2D eigenvalue weighted by atomic mass is 32.1. The van der Waals surface area contributed by atoms with Gasteiger partial charge in [0.05, 0.1) is 5.69 Å². The summed E-state index contributed by atoms with van der Waals surface area (Å²) in [4.78, 5) is 26.3. The molecule has 0 atom stereocenters. The van der Waals surface area contributed by atoms with Gasteiger partial charge in [0.1, 0.15) is 10.5 Å². The minimum Gasteiger partial charge on any atom is -0.444 e. The molecule has 1 N–H and O–H groups in total. The number of nitrogens with one attached hydrogen (secondary N) is 1. The van der Waals surface area contributed by atoms with Gasteiger partial charge in [-0.25, -0.2) is 18.6 Å². The lowest BCUT2D eigenvalue weighted by Gasteiger charge is -2.18. The maximum Gasteiger partial charge on any atom is 0.413 e. The topological polar surface area (TPSA) is 68.3 Å². The monoisotopic (exact) mass is 292 g/mol. The van der Waals surface area contributed by atoms with Crippen molar-refractivity contribution >= 4 is 28.3 Å². The van der Waals surface area contributed by atoms with Gasteiger partial charge < -0.3 is 4.74 Å². The van der Waals surface area contributed by atoms with Crippen LogP contribution in [0.4, 0.5) is 18.7 Å². The first-order valence-corrected chi connectivity index (χ1v) is 6.21. The molecule has 0 saturated carbocycles. The number of aromatic nitrogens is 1. The highest BCUT2D eigenvalue weighted by Gasteiger charge is 2.24. The summed E-state index contributed by atoms with van der Waals surface area (Å²) >= 11 is 0.698. The van der Waals surface area contributed by atoms with Crippen LogP contribution in [0.2, 0.25) is 0 Å². The summed E-state index contributed by atoms with van der Waals surface area (Å²) in [5.74, 6) is -1.30. The van der Waals surface area contributed by atoms with Crippen LogP contribution in [-0.4, -0.2) is 28.9 Å². The standard InChI is InChI=1S/C11H14F2N2O3S/c1-5-7(6(16)8(12)13)19-9(14-5)15-10(17)18-11(2,3)4/h8H,1-4H3,(H,14,15,17). The van der Waals surface area contributed by atoms with Gasteiger partial charge in [-0.05, 0) is 27.7 Å².